The van der Waals surface area contributed by atoms with Crippen LogP contribution in [0, 0.1) is 0 Å². The molecule has 1 saturated heterocycles. The van der Waals surface area contributed by atoms with E-state index in [-0.39, 0.29) is 17.6 Å². The van der Waals surface area contributed by atoms with Crippen molar-refractivity contribution < 1.29 is 14.6 Å². The van der Waals surface area contributed by atoms with Crippen molar-refractivity contribution in [1.82, 2.24) is 4.90 Å². The van der Waals surface area contributed by atoms with Gasteiger partial charge in [-0.15, -0.1) is 0 Å². The number of nitrogens with zero attached hydrogens (tertiary/aromatic N) is 1. The van der Waals surface area contributed by atoms with Crippen LogP contribution in [0.2, 0.25) is 0 Å². The summed E-state index contributed by atoms with van der Waals surface area (Å²) in [6.07, 6.45) is 16.3. The van der Waals surface area contributed by atoms with Crippen LogP contribution < -0.4 is 9.47 Å². The average Bonchev–Trinajstić information content (AvgIpc) is 3.53. The second kappa shape index (κ2) is 15.9. The summed E-state index contributed by atoms with van der Waals surface area (Å²) >= 11 is 0. The molecular formula is C37H49NO3. The maximum Gasteiger partial charge on any atom is 0.123 e. The number of phenolic OH excluding ortho intramolecular Hbond substituents is 1. The van der Waals surface area contributed by atoms with E-state index >= 15 is 0 Å². The molecule has 0 saturated carbocycles. The molecule has 0 spiro atoms. The molecule has 0 aromatic heterocycles. The fourth-order valence-electron chi connectivity index (χ4n) is 6.62. The number of ether oxygens (including phenoxy) is 2. The molecule has 0 aliphatic carbocycles. The largest absolute Gasteiger partial charge is 0.508 e. The van der Waals surface area contributed by atoms with Crippen LogP contribution in [0.5, 0.6) is 17.2 Å². The lowest BCUT2D eigenvalue weighted by Crippen LogP contribution is -2.25. The highest BCUT2D eigenvalue weighted by atomic mass is 16.5. The molecule has 5 rings (SSSR count). The molecule has 220 valence electrons. The van der Waals surface area contributed by atoms with Gasteiger partial charge in [0.2, 0.25) is 0 Å². The van der Waals surface area contributed by atoms with Crippen molar-refractivity contribution in [2.45, 2.75) is 88.9 Å². The standard InChI is InChI=1S/C37H49NO3/c39-32-20-23-36-34(28-32)37(35(29-41-36)30-16-10-9-11-17-30)31-18-21-33(22-19-31)40-27-15-8-6-4-2-1-3-5-7-12-24-38-25-13-14-26-38/h9-11,16-23,28,35,37,39H,1-8,12-15,24-27,29H2/t35-,37?/m1/s1. The first-order valence-electron chi connectivity index (χ1n) is 16.2. The topological polar surface area (TPSA) is 41.9 Å². The van der Waals surface area contributed by atoms with Gasteiger partial charge in [0.05, 0.1) is 13.2 Å². The number of phenols is 1. The first-order chi connectivity index (χ1) is 20.3. The minimum atomic E-state index is 0.109. The van der Waals surface area contributed by atoms with Crippen molar-refractivity contribution in [3.8, 4) is 17.2 Å². The number of aromatic hydroxyl groups is 1. The fraction of sp³-hybridized carbons (Fsp3) is 0.514. The van der Waals surface area contributed by atoms with Gasteiger partial charge in [0.25, 0.3) is 0 Å². The van der Waals surface area contributed by atoms with Gasteiger partial charge < -0.3 is 19.5 Å². The van der Waals surface area contributed by atoms with Gasteiger partial charge >= 0.3 is 0 Å². The summed E-state index contributed by atoms with van der Waals surface area (Å²) < 4.78 is 12.2. The molecule has 1 N–H and O–H groups in total. The summed E-state index contributed by atoms with van der Waals surface area (Å²) in [7, 11) is 0. The molecule has 3 aromatic rings. The molecule has 2 heterocycles. The third kappa shape index (κ3) is 8.75. The van der Waals surface area contributed by atoms with E-state index in [2.05, 4.69) is 53.4 Å². The van der Waals surface area contributed by atoms with Gasteiger partial charge in [-0.2, -0.15) is 0 Å². The van der Waals surface area contributed by atoms with Crippen molar-refractivity contribution >= 4 is 0 Å². The predicted octanol–water partition coefficient (Wildman–Crippen LogP) is 9.08. The first-order valence-corrected chi connectivity index (χ1v) is 16.2. The number of hydrogen-bond donors (Lipinski definition) is 1. The molecule has 0 radical (unpaired) electrons. The monoisotopic (exact) mass is 555 g/mol. The van der Waals surface area contributed by atoms with Crippen molar-refractivity contribution in [3.63, 3.8) is 0 Å². The highest BCUT2D eigenvalue weighted by Gasteiger charge is 2.33. The molecule has 1 unspecified atom stereocenters. The maximum atomic E-state index is 10.2. The van der Waals surface area contributed by atoms with Crippen LogP contribution >= 0.6 is 0 Å². The van der Waals surface area contributed by atoms with E-state index in [0.29, 0.717) is 6.61 Å². The minimum Gasteiger partial charge on any atom is -0.508 e. The lowest BCUT2D eigenvalue weighted by atomic mass is 9.76. The Hall–Kier alpha value is -2.98. The van der Waals surface area contributed by atoms with Crippen LogP contribution in [0.1, 0.15) is 106 Å². The zero-order valence-electron chi connectivity index (χ0n) is 24.8. The highest BCUT2D eigenvalue weighted by Crippen LogP contribution is 2.47. The van der Waals surface area contributed by atoms with Gasteiger partial charge in [-0.1, -0.05) is 93.8 Å². The molecule has 4 nitrogen and oxygen atoms in total. The van der Waals surface area contributed by atoms with E-state index in [1.807, 2.05) is 18.2 Å². The molecule has 1 fully saturated rings. The summed E-state index contributed by atoms with van der Waals surface area (Å²) in [5.41, 5.74) is 3.50. The third-order valence-corrected chi connectivity index (χ3v) is 8.95. The van der Waals surface area contributed by atoms with Crippen molar-refractivity contribution in [1.29, 1.82) is 0 Å². The van der Waals surface area contributed by atoms with Gasteiger partial charge in [0.1, 0.15) is 17.2 Å². The highest BCUT2D eigenvalue weighted by molar-refractivity contribution is 5.51. The van der Waals surface area contributed by atoms with Gasteiger partial charge in [-0.05, 0) is 86.8 Å². The summed E-state index contributed by atoms with van der Waals surface area (Å²) in [5.74, 6) is 2.34. The Bertz CT molecular complexity index is 1160. The van der Waals surface area contributed by atoms with E-state index in [1.165, 1.54) is 101 Å². The number of fused-ring (bicyclic) bond motifs is 1. The van der Waals surface area contributed by atoms with Gasteiger partial charge in [-0.25, -0.2) is 0 Å². The Labute approximate surface area is 247 Å². The number of benzene rings is 3. The fourth-order valence-corrected chi connectivity index (χ4v) is 6.62. The normalized spacial score (nSPS) is 18.6. The van der Waals surface area contributed by atoms with Crippen molar-refractivity contribution in [2.75, 3.05) is 32.8 Å². The lowest BCUT2D eigenvalue weighted by molar-refractivity contribution is 0.248. The van der Waals surface area contributed by atoms with E-state index in [4.69, 9.17) is 9.47 Å². The van der Waals surface area contributed by atoms with Crippen LogP contribution in [0.4, 0.5) is 0 Å². The molecule has 2 aliphatic rings. The summed E-state index contributed by atoms with van der Waals surface area (Å²) in [4.78, 5) is 2.64. The number of unbranched alkanes of at least 4 members (excludes halogenated alkanes) is 9. The minimum absolute atomic E-state index is 0.109. The van der Waals surface area contributed by atoms with Gasteiger partial charge in [-0.3, -0.25) is 0 Å². The van der Waals surface area contributed by atoms with Crippen LogP contribution in [0.15, 0.2) is 72.8 Å². The molecule has 4 heteroatoms. The Morgan fingerprint density at radius 1 is 0.707 bits per heavy atom. The molecule has 0 amide bonds. The average molecular weight is 556 g/mol. The van der Waals surface area contributed by atoms with Gasteiger partial charge in [0.15, 0.2) is 0 Å². The van der Waals surface area contributed by atoms with E-state index in [1.54, 1.807) is 6.07 Å². The molecular weight excluding hydrogens is 506 g/mol. The molecule has 0 bridgehead atoms. The van der Waals surface area contributed by atoms with E-state index < -0.39 is 0 Å². The Kier molecular flexibility index (Phi) is 11.4. The number of likely N-dealkylation sites (tertiary alicyclic amines) is 1. The maximum absolute atomic E-state index is 10.2. The number of hydrogen-bond acceptors (Lipinski definition) is 4. The Balaban J connectivity index is 1.00. The SMILES string of the molecule is Oc1ccc2c(c1)C(c1ccc(OCCCCCCCCCCCCN3CCCC3)cc1)[C@@H](c1ccccc1)CO2. The number of rotatable bonds is 16. The Morgan fingerprint density at radius 3 is 2.07 bits per heavy atom. The summed E-state index contributed by atoms with van der Waals surface area (Å²) in [5, 5.41) is 10.2. The van der Waals surface area contributed by atoms with E-state index in [0.717, 1.165) is 30.1 Å². The second-order valence-corrected chi connectivity index (χ2v) is 12.0. The van der Waals surface area contributed by atoms with Crippen molar-refractivity contribution in [3.05, 3.63) is 89.5 Å². The van der Waals surface area contributed by atoms with Crippen LogP contribution in [-0.4, -0.2) is 42.9 Å². The molecule has 2 aliphatic heterocycles. The quantitative estimate of drug-likeness (QED) is 0.179. The van der Waals surface area contributed by atoms with E-state index in [9.17, 15) is 5.11 Å². The summed E-state index contributed by atoms with van der Waals surface area (Å²) in [6.45, 7) is 5.40. The van der Waals surface area contributed by atoms with Crippen molar-refractivity contribution in [2.24, 2.45) is 0 Å². The molecule has 3 aromatic carbocycles. The Morgan fingerprint density at radius 2 is 1.37 bits per heavy atom. The molecule has 41 heavy (non-hydrogen) atoms. The zero-order valence-corrected chi connectivity index (χ0v) is 24.8. The molecule has 2 atom stereocenters. The predicted molar refractivity (Wildman–Crippen MR) is 168 cm³/mol. The first kappa shape index (κ1) is 29.5. The van der Waals surface area contributed by atoms with Crippen LogP contribution in [-0.2, 0) is 0 Å². The smallest absolute Gasteiger partial charge is 0.123 e. The van der Waals surface area contributed by atoms with Gasteiger partial charge in [0, 0.05) is 17.4 Å². The van der Waals surface area contributed by atoms with Crippen LogP contribution in [0.3, 0.4) is 0 Å². The lowest BCUT2D eigenvalue weighted by Gasteiger charge is -2.34. The third-order valence-electron chi connectivity index (χ3n) is 8.95. The zero-order chi connectivity index (χ0) is 28.1. The van der Waals surface area contributed by atoms with Crippen LogP contribution in [0.25, 0.3) is 0 Å². The second-order valence-electron chi connectivity index (χ2n) is 12.0. The summed E-state index contributed by atoms with van der Waals surface area (Å²) in [6, 6.07) is 24.6.